The second-order valence-corrected chi connectivity index (χ2v) is 10.0. The summed E-state index contributed by atoms with van der Waals surface area (Å²) in [6.45, 7) is 5.85. The third kappa shape index (κ3) is 7.44. The molecule has 3 aromatic rings. The normalized spacial score (nSPS) is 14.5. The summed E-state index contributed by atoms with van der Waals surface area (Å²) in [6, 6.07) is 17.7. The van der Waals surface area contributed by atoms with Gasteiger partial charge in [0.25, 0.3) is 11.8 Å². The Labute approximate surface area is 211 Å². The van der Waals surface area contributed by atoms with Gasteiger partial charge in [-0.3, -0.25) is 9.59 Å². The topological polar surface area (TPSA) is 87.2 Å². The highest BCUT2D eigenvalue weighted by Crippen LogP contribution is 2.21. The van der Waals surface area contributed by atoms with Gasteiger partial charge in [-0.25, -0.2) is 0 Å². The molecule has 0 radical (unpaired) electrons. The number of aromatic nitrogens is 2. The lowest BCUT2D eigenvalue weighted by Gasteiger charge is -2.32. The molecule has 2 aromatic carbocycles. The summed E-state index contributed by atoms with van der Waals surface area (Å²) in [7, 11) is 0. The van der Waals surface area contributed by atoms with E-state index in [0.717, 1.165) is 43.4 Å². The lowest BCUT2D eigenvalue weighted by atomic mass is 9.90. The number of carbonyl (C=O) groups is 2. The van der Waals surface area contributed by atoms with Crippen molar-refractivity contribution in [1.29, 1.82) is 0 Å². The van der Waals surface area contributed by atoms with E-state index < -0.39 is 0 Å². The quantitative estimate of drug-likeness (QED) is 0.410. The summed E-state index contributed by atoms with van der Waals surface area (Å²) < 4.78 is 0. The van der Waals surface area contributed by atoms with E-state index >= 15 is 0 Å². The number of nitrogens with one attached hydrogen (secondary N) is 2. The summed E-state index contributed by atoms with van der Waals surface area (Å²) in [5.41, 5.74) is 2.52. The van der Waals surface area contributed by atoms with E-state index in [2.05, 4.69) is 56.1 Å². The van der Waals surface area contributed by atoms with Gasteiger partial charge in [0.2, 0.25) is 5.01 Å². The Morgan fingerprint density at radius 2 is 1.83 bits per heavy atom. The van der Waals surface area contributed by atoms with Gasteiger partial charge in [0.1, 0.15) is 5.01 Å². The number of hydrogen-bond donors (Lipinski definition) is 2. The monoisotopic (exact) mass is 491 g/mol. The van der Waals surface area contributed by atoms with Gasteiger partial charge in [-0.05, 0) is 81.4 Å². The SMILES string of the molecule is CCc1nnc(C(=O)Nc2cccc(C(=O)NCCCN3CCC(Cc4ccccc4)CC3)c2)s1. The van der Waals surface area contributed by atoms with Gasteiger partial charge in [0.05, 0.1) is 0 Å². The Hall–Kier alpha value is -3.10. The summed E-state index contributed by atoms with van der Waals surface area (Å²) in [6.07, 6.45) is 5.30. The van der Waals surface area contributed by atoms with Crippen molar-refractivity contribution in [2.75, 3.05) is 31.5 Å². The highest BCUT2D eigenvalue weighted by Gasteiger charge is 2.19. The molecule has 0 saturated carbocycles. The summed E-state index contributed by atoms with van der Waals surface area (Å²) in [5.74, 6) is 0.320. The molecule has 7 nitrogen and oxygen atoms in total. The lowest BCUT2D eigenvalue weighted by molar-refractivity contribution is 0.0949. The molecule has 184 valence electrons. The molecule has 8 heteroatoms. The average molecular weight is 492 g/mol. The van der Waals surface area contributed by atoms with Crippen molar-refractivity contribution in [2.24, 2.45) is 5.92 Å². The minimum Gasteiger partial charge on any atom is -0.352 e. The minimum atomic E-state index is -0.313. The predicted octanol–water partition coefficient (Wildman–Crippen LogP) is 4.43. The van der Waals surface area contributed by atoms with Crippen LogP contribution < -0.4 is 10.6 Å². The summed E-state index contributed by atoms with van der Waals surface area (Å²) in [4.78, 5) is 27.5. The van der Waals surface area contributed by atoms with Gasteiger partial charge in [0, 0.05) is 17.8 Å². The van der Waals surface area contributed by atoms with Crippen LogP contribution in [0.15, 0.2) is 54.6 Å². The standard InChI is InChI=1S/C27H33N5O2S/c1-2-24-30-31-27(35-24)26(34)29-23-11-6-10-22(19-23)25(33)28-14-7-15-32-16-12-21(13-17-32)18-20-8-4-3-5-9-20/h3-6,8-11,19,21H,2,7,12-18H2,1H3,(H,28,33)(H,29,34). The Balaban J connectivity index is 1.16. The molecule has 2 heterocycles. The van der Waals surface area contributed by atoms with Crippen molar-refractivity contribution in [3.8, 4) is 0 Å². The molecule has 0 unspecified atom stereocenters. The zero-order valence-corrected chi connectivity index (χ0v) is 21.0. The van der Waals surface area contributed by atoms with Crippen molar-refractivity contribution >= 4 is 28.8 Å². The van der Waals surface area contributed by atoms with E-state index in [1.807, 2.05) is 6.92 Å². The Kier molecular flexibility index (Phi) is 8.97. The lowest BCUT2D eigenvalue weighted by Crippen LogP contribution is -2.36. The van der Waals surface area contributed by atoms with Crippen molar-refractivity contribution in [3.63, 3.8) is 0 Å². The van der Waals surface area contributed by atoms with Gasteiger partial charge in [-0.2, -0.15) is 0 Å². The van der Waals surface area contributed by atoms with Crippen LogP contribution in [-0.2, 0) is 12.8 Å². The Bertz CT molecular complexity index is 1110. The molecule has 2 N–H and O–H groups in total. The van der Waals surface area contributed by atoms with Gasteiger partial charge in [-0.15, -0.1) is 10.2 Å². The number of benzene rings is 2. The number of anilines is 1. The first-order chi connectivity index (χ1) is 17.1. The van der Waals surface area contributed by atoms with Gasteiger partial charge < -0.3 is 15.5 Å². The zero-order valence-electron chi connectivity index (χ0n) is 20.2. The first kappa shape index (κ1) is 25.0. The van der Waals surface area contributed by atoms with Crippen LogP contribution in [0.5, 0.6) is 0 Å². The molecule has 2 amide bonds. The molecule has 1 aliphatic heterocycles. The highest BCUT2D eigenvalue weighted by molar-refractivity contribution is 7.13. The zero-order chi connectivity index (χ0) is 24.5. The van der Waals surface area contributed by atoms with Gasteiger partial charge in [0.15, 0.2) is 0 Å². The second kappa shape index (κ2) is 12.6. The number of likely N-dealkylation sites (tertiary alicyclic amines) is 1. The van der Waals surface area contributed by atoms with Crippen LogP contribution in [0.2, 0.25) is 0 Å². The van der Waals surface area contributed by atoms with E-state index in [1.54, 1.807) is 24.3 Å². The molecule has 4 rings (SSSR count). The van der Waals surface area contributed by atoms with Crippen LogP contribution in [0.1, 0.15) is 56.9 Å². The number of hydrogen-bond acceptors (Lipinski definition) is 6. The van der Waals surface area contributed by atoms with Crippen molar-refractivity contribution in [3.05, 3.63) is 75.7 Å². The summed E-state index contributed by atoms with van der Waals surface area (Å²) in [5, 5.41) is 14.9. The third-order valence-electron chi connectivity index (χ3n) is 6.36. The number of aryl methyl sites for hydroxylation is 1. The maximum Gasteiger partial charge on any atom is 0.286 e. The molecule has 0 atom stereocenters. The highest BCUT2D eigenvalue weighted by atomic mass is 32.1. The van der Waals surface area contributed by atoms with Crippen LogP contribution in [0.3, 0.4) is 0 Å². The molecule has 0 aliphatic carbocycles. The molecule has 0 bridgehead atoms. The fraction of sp³-hybridized carbons (Fsp3) is 0.407. The van der Waals surface area contributed by atoms with E-state index in [1.165, 1.54) is 36.2 Å². The number of nitrogens with zero attached hydrogens (tertiary/aromatic N) is 3. The molecular formula is C27H33N5O2S. The molecule has 0 spiro atoms. The van der Waals surface area contributed by atoms with E-state index in [4.69, 9.17) is 0 Å². The molecule has 1 fully saturated rings. The van der Waals surface area contributed by atoms with Crippen molar-refractivity contribution < 1.29 is 9.59 Å². The van der Waals surface area contributed by atoms with Crippen LogP contribution in [-0.4, -0.2) is 53.1 Å². The fourth-order valence-corrected chi connectivity index (χ4v) is 5.05. The van der Waals surface area contributed by atoms with Crippen LogP contribution in [0, 0.1) is 5.92 Å². The molecular weight excluding hydrogens is 458 g/mol. The number of piperidine rings is 1. The fourth-order valence-electron chi connectivity index (χ4n) is 4.38. The average Bonchev–Trinajstić information content (AvgIpc) is 3.38. The number of carbonyl (C=O) groups excluding carboxylic acids is 2. The van der Waals surface area contributed by atoms with E-state index in [9.17, 15) is 9.59 Å². The van der Waals surface area contributed by atoms with Crippen molar-refractivity contribution in [2.45, 2.75) is 39.0 Å². The minimum absolute atomic E-state index is 0.133. The van der Waals surface area contributed by atoms with Crippen LogP contribution in [0.25, 0.3) is 0 Å². The largest absolute Gasteiger partial charge is 0.352 e. The summed E-state index contributed by atoms with van der Waals surface area (Å²) >= 11 is 1.28. The molecule has 1 aliphatic rings. The van der Waals surface area contributed by atoms with Crippen LogP contribution in [0.4, 0.5) is 5.69 Å². The van der Waals surface area contributed by atoms with Crippen LogP contribution >= 0.6 is 11.3 Å². The number of amides is 2. The maximum atomic E-state index is 12.6. The predicted molar refractivity (Wildman–Crippen MR) is 140 cm³/mol. The van der Waals surface area contributed by atoms with E-state index in [0.29, 0.717) is 22.8 Å². The number of rotatable bonds is 10. The maximum absolute atomic E-state index is 12.6. The molecule has 35 heavy (non-hydrogen) atoms. The van der Waals surface area contributed by atoms with Crippen molar-refractivity contribution in [1.82, 2.24) is 20.4 Å². The third-order valence-corrected chi connectivity index (χ3v) is 7.42. The first-order valence-electron chi connectivity index (χ1n) is 12.4. The molecule has 1 aromatic heterocycles. The molecule has 1 saturated heterocycles. The Morgan fingerprint density at radius 3 is 2.57 bits per heavy atom. The smallest absolute Gasteiger partial charge is 0.286 e. The second-order valence-electron chi connectivity index (χ2n) is 8.97. The first-order valence-corrected chi connectivity index (χ1v) is 13.2. The van der Waals surface area contributed by atoms with E-state index in [-0.39, 0.29) is 11.8 Å². The van der Waals surface area contributed by atoms with Gasteiger partial charge in [-0.1, -0.05) is 54.7 Å². The Morgan fingerprint density at radius 1 is 1.03 bits per heavy atom. The van der Waals surface area contributed by atoms with Gasteiger partial charge >= 0.3 is 0 Å².